The van der Waals surface area contributed by atoms with Gasteiger partial charge in [0.25, 0.3) is 0 Å². The Balaban J connectivity index is -0.000000132. The van der Waals surface area contributed by atoms with Crippen molar-refractivity contribution in [3.8, 4) is 0 Å². The molecule has 1 saturated carbocycles. The Morgan fingerprint density at radius 3 is 1.16 bits per heavy atom. The molecule has 1 aliphatic rings. The van der Waals surface area contributed by atoms with Gasteiger partial charge >= 0.3 is 0 Å². The Morgan fingerprint density at radius 1 is 0.440 bits per heavy atom. The number of carbonyl (C=O) groups excluding carboxylic acids is 3. The molecule has 0 spiro atoms. The van der Waals surface area contributed by atoms with Crippen LogP contribution in [0.15, 0.2) is 12.3 Å². The molecule has 1 fully saturated rings. The summed E-state index contributed by atoms with van der Waals surface area (Å²) in [4.78, 5) is 33.2. The average molecular weight is 1430 g/mol. The van der Waals surface area contributed by atoms with Crippen LogP contribution >= 0.6 is 0 Å². The summed E-state index contributed by atoms with van der Waals surface area (Å²) in [5.41, 5.74) is 1.02. The van der Waals surface area contributed by atoms with E-state index in [0.29, 0.717) is 82.7 Å². The van der Waals surface area contributed by atoms with Gasteiger partial charge in [-0.25, -0.2) is 0 Å². The van der Waals surface area contributed by atoms with Crippen molar-refractivity contribution in [3.63, 3.8) is 0 Å². The van der Waals surface area contributed by atoms with Crippen LogP contribution < -0.4 is 21.3 Å². The van der Waals surface area contributed by atoms with E-state index in [4.69, 9.17) is 28.4 Å². The van der Waals surface area contributed by atoms with Crippen molar-refractivity contribution in [1.29, 1.82) is 0 Å². The van der Waals surface area contributed by atoms with Crippen LogP contribution in [-0.2, 0) is 42.8 Å². The van der Waals surface area contributed by atoms with E-state index in [-0.39, 0.29) is 47.3 Å². The minimum atomic E-state index is -0.255. The topological polar surface area (TPSA) is 155 Å². The lowest BCUT2D eigenvalue weighted by Crippen LogP contribution is -2.36. The van der Waals surface area contributed by atoms with Gasteiger partial charge in [-0.2, -0.15) is 0 Å². The SMILES string of the molecule is CC(C)C/C=C/OC(C)(C)C.CC(C)CC1(COC(C)C)CC1.CC(C)CCC(=O)C(C)C.CC(C)CNC(=O)C(C)(C)C.CC(C)CNC(C)C.CC(C)CNCC(C)(C)C.CC(C)CNCOC(C)C.CC(C)COC(C)C.CC(C)COCC(C)(C)C.CC(C)OCC(=O)C(C)C. The smallest absolute Gasteiger partial charge is 0.225 e. The predicted octanol–water partition coefficient (Wildman–Crippen LogP) is 23.0. The monoisotopic (exact) mass is 1430 g/mol. The standard InChI is InChI=1S/C11H22O.C10H20O.C9H19NO.C9H21N.C9H20O.C9H18O.C8H19NO.C8H16O2.C7H17N.C7H16O/c1-9(2)7-11(5-6-11)8-12-10(3)4;1-9(2)7-6-8-11-10(3,4)5;1-7(2)6-10-8(11)9(3,4)5;2*1-8(2)6-10-7-9(3,4)5;1-7(2)5-6-9(10)8(3)4;1-7(2)5-9-6-10-8(3)4;1-6(2)8(9)5-10-7(3)4;2*1-6(2)5-8-7(3)4/h9-10H,5-8H2,1-4H3;6,8-9H,7H2,1-5H3;7H,6H2,1-5H3,(H,10,11);8,10H,6-7H2,1-5H3;8H,6-7H2,1-5H3;7-8H,5-6H2,1-4H3;7-9H,5-6H2,1-4H3;6-7H,5H2,1-4H3;6-8H,5H2,1-4H3;6-7H,5H2,1-4H3/b;8-6+;;;;;;;;. The van der Waals surface area contributed by atoms with Crippen molar-refractivity contribution >= 4 is 17.5 Å². The van der Waals surface area contributed by atoms with Crippen LogP contribution in [0.5, 0.6) is 0 Å². The molecule has 610 valence electrons. The van der Waals surface area contributed by atoms with Crippen molar-refractivity contribution in [2.24, 2.45) is 86.8 Å². The number of hydrogen-bond donors (Lipinski definition) is 4. The van der Waals surface area contributed by atoms with E-state index in [9.17, 15) is 14.4 Å². The van der Waals surface area contributed by atoms with Gasteiger partial charge in [0.15, 0.2) is 5.78 Å². The highest BCUT2D eigenvalue weighted by Crippen LogP contribution is 2.50. The first-order chi connectivity index (χ1) is 45.1. The summed E-state index contributed by atoms with van der Waals surface area (Å²) in [6.45, 7) is 103. The second kappa shape index (κ2) is 68.8. The normalized spacial score (nSPS) is 12.8. The lowest BCUT2D eigenvalue weighted by Gasteiger charge is -2.19. The van der Waals surface area contributed by atoms with Gasteiger partial charge in [0.1, 0.15) is 12.4 Å². The lowest BCUT2D eigenvalue weighted by atomic mass is 9.95. The molecule has 0 unspecified atom stereocenters. The quantitative estimate of drug-likeness (QED) is 0.0271. The fourth-order valence-corrected chi connectivity index (χ4v) is 6.84. The van der Waals surface area contributed by atoms with Crippen molar-refractivity contribution in [1.82, 2.24) is 21.3 Å². The Hall–Kier alpha value is -1.97. The average Bonchev–Trinajstić information content (AvgIpc) is 1.66. The Bertz CT molecular complexity index is 1670. The molecule has 0 aromatic rings. The molecule has 0 aromatic heterocycles. The molecule has 0 radical (unpaired) electrons. The maximum Gasteiger partial charge on any atom is 0.225 e. The Morgan fingerprint density at radius 2 is 0.870 bits per heavy atom. The molecule has 0 atom stereocenters. The number of allylic oxidation sites excluding steroid dienone is 1. The molecule has 0 heterocycles. The lowest BCUT2D eigenvalue weighted by molar-refractivity contribution is -0.129. The summed E-state index contributed by atoms with van der Waals surface area (Å²) in [5.74, 6) is 7.31. The molecule has 1 aliphatic carbocycles. The van der Waals surface area contributed by atoms with E-state index in [1.54, 1.807) is 6.26 Å². The summed E-state index contributed by atoms with van der Waals surface area (Å²) in [5, 5.41) is 12.8. The number of rotatable bonds is 35. The molecule has 0 saturated heterocycles. The molecule has 4 N–H and O–H groups in total. The van der Waals surface area contributed by atoms with Crippen molar-refractivity contribution < 1.29 is 42.8 Å². The zero-order valence-electron chi connectivity index (χ0n) is 76.1. The number of hydrogen-bond acceptors (Lipinski definition) is 12. The highest BCUT2D eigenvalue weighted by atomic mass is 16.5. The number of Topliss-reactive ketones (excluding diaryl/α,β-unsaturated/α-hetero) is 2. The summed E-state index contributed by atoms with van der Waals surface area (Å²) >= 11 is 0. The van der Waals surface area contributed by atoms with Gasteiger partial charge in [-0.15, -0.1) is 0 Å². The van der Waals surface area contributed by atoms with Crippen LogP contribution in [0.3, 0.4) is 0 Å². The minimum absolute atomic E-state index is 0.0481. The van der Waals surface area contributed by atoms with E-state index in [1.165, 1.54) is 19.3 Å². The van der Waals surface area contributed by atoms with Crippen LogP contribution in [0, 0.1) is 86.8 Å². The van der Waals surface area contributed by atoms with Gasteiger partial charge in [-0.05, 0) is 210 Å². The molecule has 13 nitrogen and oxygen atoms in total. The first-order valence-electron chi connectivity index (χ1n) is 39.9. The second-order valence-electron chi connectivity index (χ2n) is 38.1. The van der Waals surface area contributed by atoms with Gasteiger partial charge in [0.2, 0.25) is 5.91 Å². The van der Waals surface area contributed by atoms with E-state index in [1.807, 2.05) is 96.9 Å². The molecular weight excluding hydrogens is 1240 g/mol. The van der Waals surface area contributed by atoms with E-state index >= 15 is 0 Å². The highest BCUT2D eigenvalue weighted by Gasteiger charge is 2.43. The van der Waals surface area contributed by atoms with Crippen LogP contribution in [-0.4, -0.2) is 126 Å². The molecule has 100 heavy (non-hydrogen) atoms. The summed E-state index contributed by atoms with van der Waals surface area (Å²) in [7, 11) is 0. The first-order valence-corrected chi connectivity index (χ1v) is 39.9. The summed E-state index contributed by atoms with van der Waals surface area (Å²) in [6.07, 6.45) is 12.2. The Kier molecular flexibility index (Phi) is 80.1. The number of carbonyl (C=O) groups is 3. The molecular formula is C87H188N4O9. The minimum Gasteiger partial charge on any atom is -0.496 e. The van der Waals surface area contributed by atoms with Crippen molar-refractivity contribution in [2.75, 3.05) is 72.5 Å². The summed E-state index contributed by atoms with van der Waals surface area (Å²) in [6, 6.07) is 0.636. The summed E-state index contributed by atoms with van der Waals surface area (Å²) < 4.78 is 32.2. The molecule has 0 bridgehead atoms. The second-order valence-corrected chi connectivity index (χ2v) is 38.1. The van der Waals surface area contributed by atoms with Crippen LogP contribution in [0.2, 0.25) is 0 Å². The highest BCUT2D eigenvalue weighted by molar-refractivity contribution is 5.81. The van der Waals surface area contributed by atoms with Gasteiger partial charge in [0, 0.05) is 49.5 Å². The van der Waals surface area contributed by atoms with Gasteiger partial charge < -0.3 is 44.4 Å². The number of ketones is 2. The van der Waals surface area contributed by atoms with Gasteiger partial charge in [-0.3, -0.25) is 19.7 Å². The molecule has 1 amide bonds. The van der Waals surface area contributed by atoms with E-state index < -0.39 is 0 Å². The molecule has 0 aromatic carbocycles. The first kappa shape index (κ1) is 116. The van der Waals surface area contributed by atoms with E-state index in [0.717, 1.165) is 102 Å². The third-order valence-electron chi connectivity index (χ3n) is 12.8. The van der Waals surface area contributed by atoms with Crippen molar-refractivity contribution in [2.45, 2.75) is 379 Å². The van der Waals surface area contributed by atoms with E-state index in [2.05, 4.69) is 235 Å². The Labute approximate surface area is 629 Å². The largest absolute Gasteiger partial charge is 0.496 e. The number of nitrogens with one attached hydrogen (secondary N) is 4. The van der Waals surface area contributed by atoms with Gasteiger partial charge in [0.05, 0.1) is 56.2 Å². The maximum atomic E-state index is 11.3. The zero-order valence-corrected chi connectivity index (χ0v) is 76.1. The third-order valence-corrected chi connectivity index (χ3v) is 12.8. The predicted molar refractivity (Wildman–Crippen MR) is 444 cm³/mol. The number of amides is 1. The van der Waals surface area contributed by atoms with Crippen LogP contribution in [0.25, 0.3) is 0 Å². The molecule has 13 heteroatoms. The molecule has 0 aliphatic heterocycles. The fourth-order valence-electron chi connectivity index (χ4n) is 6.84. The van der Waals surface area contributed by atoms with Crippen LogP contribution in [0.1, 0.15) is 343 Å². The number of ether oxygens (including phenoxy) is 6. The maximum absolute atomic E-state index is 11.3. The van der Waals surface area contributed by atoms with Crippen LogP contribution in [0.4, 0.5) is 0 Å². The molecule has 1 rings (SSSR count). The zero-order chi connectivity index (χ0) is 81.0. The fraction of sp³-hybridized carbons (Fsp3) is 0.943. The van der Waals surface area contributed by atoms with Gasteiger partial charge in [-0.1, -0.05) is 228 Å². The third kappa shape index (κ3) is 129. The van der Waals surface area contributed by atoms with Crippen molar-refractivity contribution in [3.05, 3.63) is 12.3 Å².